The van der Waals surface area contributed by atoms with Gasteiger partial charge < -0.3 is 4.90 Å². The Hall–Kier alpha value is -2.60. The van der Waals surface area contributed by atoms with E-state index in [9.17, 15) is 9.59 Å². The van der Waals surface area contributed by atoms with E-state index in [1.165, 1.54) is 17.3 Å². The molecule has 0 radical (unpaired) electrons. The maximum atomic E-state index is 13.0. The van der Waals surface area contributed by atoms with Gasteiger partial charge in [0.15, 0.2) is 5.16 Å². The topological polar surface area (TPSA) is 55.2 Å². The van der Waals surface area contributed by atoms with E-state index in [1.807, 2.05) is 47.4 Å². The summed E-state index contributed by atoms with van der Waals surface area (Å²) in [5.41, 5.74) is 2.84. The number of nitrogens with zero attached hydrogens (tertiary/aromatic N) is 3. The molecule has 0 aliphatic carbocycles. The highest BCUT2D eigenvalue weighted by Crippen LogP contribution is 2.29. The van der Waals surface area contributed by atoms with Crippen molar-refractivity contribution in [3.05, 3.63) is 64.4 Å². The van der Waals surface area contributed by atoms with Crippen LogP contribution in [0.15, 0.2) is 58.5 Å². The number of carbonyl (C=O) groups is 1. The van der Waals surface area contributed by atoms with Gasteiger partial charge in [-0.15, -0.1) is 0 Å². The number of amides is 1. The number of fused-ring (bicyclic) bond motifs is 2. The lowest BCUT2D eigenvalue weighted by atomic mass is 10.2. The molecular formula is C22H23N3O2S. The Labute approximate surface area is 168 Å². The molecule has 144 valence electrons. The van der Waals surface area contributed by atoms with E-state index in [4.69, 9.17) is 0 Å². The minimum Gasteiger partial charge on any atom is -0.311 e. The molecule has 3 aromatic rings. The maximum absolute atomic E-state index is 13.0. The van der Waals surface area contributed by atoms with E-state index in [0.29, 0.717) is 35.1 Å². The van der Waals surface area contributed by atoms with Crippen molar-refractivity contribution in [2.45, 2.75) is 32.0 Å². The van der Waals surface area contributed by atoms with E-state index in [1.54, 1.807) is 4.57 Å². The standard InChI is InChI=1S/C22H23N3O2S/c1-15(2)13-25-21(27)17-8-4-5-9-18(17)23-22(25)28-14-20(26)24-12-11-16-7-3-6-10-19(16)24/h3-10,15H,11-14H2,1-2H3. The molecule has 0 atom stereocenters. The van der Waals surface area contributed by atoms with Crippen molar-refractivity contribution >= 4 is 34.3 Å². The molecule has 1 aliphatic rings. The highest BCUT2D eigenvalue weighted by molar-refractivity contribution is 7.99. The summed E-state index contributed by atoms with van der Waals surface area (Å²) in [5, 5.41) is 1.23. The summed E-state index contributed by atoms with van der Waals surface area (Å²) in [6.07, 6.45) is 0.888. The van der Waals surface area contributed by atoms with Gasteiger partial charge in [0.25, 0.3) is 5.56 Å². The number of benzene rings is 2. The lowest BCUT2D eigenvalue weighted by Gasteiger charge is -2.18. The van der Waals surface area contributed by atoms with Crippen molar-refractivity contribution in [2.75, 3.05) is 17.2 Å². The van der Waals surface area contributed by atoms with E-state index in [2.05, 4.69) is 24.9 Å². The highest BCUT2D eigenvalue weighted by Gasteiger charge is 2.24. The van der Waals surface area contributed by atoms with E-state index >= 15 is 0 Å². The van der Waals surface area contributed by atoms with Crippen LogP contribution in [0.2, 0.25) is 0 Å². The van der Waals surface area contributed by atoms with Crippen LogP contribution in [-0.4, -0.2) is 27.8 Å². The molecule has 0 fully saturated rings. The fourth-order valence-electron chi connectivity index (χ4n) is 3.59. The molecule has 0 saturated heterocycles. The minimum atomic E-state index is -0.0410. The first-order valence-corrected chi connectivity index (χ1v) is 10.5. The number of thioether (sulfide) groups is 1. The van der Waals surface area contributed by atoms with Crippen molar-refractivity contribution in [2.24, 2.45) is 5.92 Å². The third kappa shape index (κ3) is 3.56. The zero-order valence-electron chi connectivity index (χ0n) is 16.1. The molecule has 0 spiro atoms. The third-order valence-electron chi connectivity index (χ3n) is 4.89. The van der Waals surface area contributed by atoms with Crippen LogP contribution in [0.25, 0.3) is 10.9 Å². The summed E-state index contributed by atoms with van der Waals surface area (Å²) >= 11 is 1.35. The van der Waals surface area contributed by atoms with Crippen LogP contribution in [-0.2, 0) is 17.8 Å². The summed E-state index contributed by atoms with van der Waals surface area (Å²) in [6, 6.07) is 15.4. The largest absolute Gasteiger partial charge is 0.311 e. The smallest absolute Gasteiger partial charge is 0.262 e. The molecule has 28 heavy (non-hydrogen) atoms. The van der Waals surface area contributed by atoms with Crippen LogP contribution in [0, 0.1) is 5.92 Å². The lowest BCUT2D eigenvalue weighted by molar-refractivity contribution is -0.116. The van der Waals surface area contributed by atoms with Gasteiger partial charge in [0.1, 0.15) is 0 Å². The van der Waals surface area contributed by atoms with Crippen molar-refractivity contribution in [3.63, 3.8) is 0 Å². The summed E-state index contributed by atoms with van der Waals surface area (Å²) in [5.74, 6) is 0.617. The Bertz CT molecular complexity index is 1090. The van der Waals surface area contributed by atoms with E-state index < -0.39 is 0 Å². The second-order valence-corrected chi connectivity index (χ2v) is 8.38. The summed E-state index contributed by atoms with van der Waals surface area (Å²) in [7, 11) is 0. The lowest BCUT2D eigenvalue weighted by Crippen LogP contribution is -2.31. The average Bonchev–Trinajstić information content (AvgIpc) is 3.12. The first kappa shape index (κ1) is 18.7. The van der Waals surface area contributed by atoms with Gasteiger partial charge in [-0.3, -0.25) is 14.2 Å². The molecule has 0 N–H and O–H groups in total. The van der Waals surface area contributed by atoms with Crippen LogP contribution in [0.4, 0.5) is 5.69 Å². The van der Waals surface area contributed by atoms with Crippen molar-refractivity contribution in [1.29, 1.82) is 0 Å². The molecule has 0 saturated carbocycles. The fourth-order valence-corrected chi connectivity index (χ4v) is 4.47. The van der Waals surface area contributed by atoms with Crippen molar-refractivity contribution in [1.82, 2.24) is 9.55 Å². The molecule has 5 nitrogen and oxygen atoms in total. The number of aromatic nitrogens is 2. The number of rotatable bonds is 5. The highest BCUT2D eigenvalue weighted by atomic mass is 32.2. The molecule has 2 aromatic carbocycles. The average molecular weight is 394 g/mol. The minimum absolute atomic E-state index is 0.0410. The van der Waals surface area contributed by atoms with Crippen LogP contribution in [0.1, 0.15) is 19.4 Å². The Morgan fingerprint density at radius 3 is 2.71 bits per heavy atom. The quantitative estimate of drug-likeness (QED) is 0.490. The molecule has 1 aliphatic heterocycles. The van der Waals surface area contributed by atoms with Crippen LogP contribution < -0.4 is 10.5 Å². The number of anilines is 1. The second-order valence-electron chi connectivity index (χ2n) is 7.43. The molecule has 0 bridgehead atoms. The number of carbonyl (C=O) groups excluding carboxylic acids is 1. The van der Waals surface area contributed by atoms with Crippen LogP contribution in [0.3, 0.4) is 0 Å². The van der Waals surface area contributed by atoms with E-state index in [-0.39, 0.29) is 17.2 Å². The molecule has 6 heteroatoms. The molecule has 0 unspecified atom stereocenters. The Balaban J connectivity index is 1.61. The summed E-state index contributed by atoms with van der Waals surface area (Å²) < 4.78 is 1.71. The zero-order chi connectivity index (χ0) is 19.7. The van der Waals surface area contributed by atoms with Crippen LogP contribution in [0.5, 0.6) is 0 Å². The molecule has 4 rings (SSSR count). The normalized spacial score (nSPS) is 13.3. The van der Waals surface area contributed by atoms with Gasteiger partial charge in [-0.1, -0.05) is 55.9 Å². The van der Waals surface area contributed by atoms with Gasteiger partial charge in [-0.25, -0.2) is 4.98 Å². The van der Waals surface area contributed by atoms with Gasteiger partial charge >= 0.3 is 0 Å². The SMILES string of the molecule is CC(C)Cn1c(SCC(=O)N2CCc3ccccc32)nc2ccccc2c1=O. The van der Waals surface area contributed by atoms with Crippen molar-refractivity contribution in [3.8, 4) is 0 Å². The molecule has 1 aromatic heterocycles. The number of para-hydroxylation sites is 2. The van der Waals surface area contributed by atoms with Gasteiger partial charge in [0, 0.05) is 18.8 Å². The molecule has 1 amide bonds. The van der Waals surface area contributed by atoms with Gasteiger partial charge in [0.2, 0.25) is 5.91 Å². The zero-order valence-corrected chi connectivity index (χ0v) is 16.9. The predicted molar refractivity (Wildman–Crippen MR) is 114 cm³/mol. The molecular weight excluding hydrogens is 370 g/mol. The Morgan fingerprint density at radius 1 is 1.14 bits per heavy atom. The monoisotopic (exact) mass is 393 g/mol. The first-order chi connectivity index (χ1) is 13.5. The molecule has 2 heterocycles. The predicted octanol–water partition coefficient (Wildman–Crippen LogP) is 3.73. The van der Waals surface area contributed by atoms with Crippen LogP contribution >= 0.6 is 11.8 Å². The number of hydrogen-bond donors (Lipinski definition) is 0. The van der Waals surface area contributed by atoms with Gasteiger partial charge in [0.05, 0.1) is 16.7 Å². The summed E-state index contributed by atoms with van der Waals surface area (Å²) in [4.78, 5) is 32.3. The first-order valence-electron chi connectivity index (χ1n) is 9.55. The Morgan fingerprint density at radius 2 is 1.89 bits per heavy atom. The fraction of sp³-hybridized carbons (Fsp3) is 0.318. The second kappa shape index (κ2) is 7.80. The number of hydrogen-bond acceptors (Lipinski definition) is 4. The summed E-state index contributed by atoms with van der Waals surface area (Å²) in [6.45, 7) is 5.44. The van der Waals surface area contributed by atoms with E-state index in [0.717, 1.165) is 12.1 Å². The van der Waals surface area contributed by atoms with Gasteiger partial charge in [-0.05, 0) is 36.1 Å². The maximum Gasteiger partial charge on any atom is 0.262 e. The third-order valence-corrected chi connectivity index (χ3v) is 5.85. The van der Waals surface area contributed by atoms with Crippen molar-refractivity contribution < 1.29 is 4.79 Å². The Kier molecular flexibility index (Phi) is 5.22. The van der Waals surface area contributed by atoms with Gasteiger partial charge in [-0.2, -0.15) is 0 Å².